The van der Waals surface area contributed by atoms with Gasteiger partial charge in [-0.3, -0.25) is 4.79 Å². The van der Waals surface area contributed by atoms with Crippen molar-refractivity contribution in [3.05, 3.63) is 28.8 Å². The molecule has 0 aliphatic carbocycles. The highest BCUT2D eigenvalue weighted by Crippen LogP contribution is 2.28. The predicted octanol–water partition coefficient (Wildman–Crippen LogP) is 2.59. The molecule has 1 fully saturated rings. The van der Waals surface area contributed by atoms with Crippen LogP contribution in [0.3, 0.4) is 0 Å². The lowest BCUT2D eigenvalue weighted by atomic mass is 9.88. The van der Waals surface area contributed by atoms with Gasteiger partial charge in [0, 0.05) is 17.3 Å². The first-order valence-corrected chi connectivity index (χ1v) is 6.17. The van der Waals surface area contributed by atoms with Gasteiger partial charge >= 0.3 is 0 Å². The van der Waals surface area contributed by atoms with Gasteiger partial charge in [0.25, 0.3) is 0 Å². The van der Waals surface area contributed by atoms with Crippen LogP contribution in [0.25, 0.3) is 0 Å². The monoisotopic (exact) mass is 252 g/mol. The summed E-state index contributed by atoms with van der Waals surface area (Å²) in [6, 6.07) is 5.53. The van der Waals surface area contributed by atoms with Crippen LogP contribution in [0.2, 0.25) is 5.02 Å². The second-order valence-electron chi connectivity index (χ2n) is 4.90. The first kappa shape index (κ1) is 12.4. The highest BCUT2D eigenvalue weighted by molar-refractivity contribution is 6.31. The van der Waals surface area contributed by atoms with Crippen molar-refractivity contribution in [2.24, 2.45) is 5.41 Å². The summed E-state index contributed by atoms with van der Waals surface area (Å²) in [5.74, 6) is 0.0628. The molecule has 1 saturated heterocycles. The van der Waals surface area contributed by atoms with Gasteiger partial charge in [-0.2, -0.15) is 0 Å². The molecule has 1 aliphatic rings. The van der Waals surface area contributed by atoms with Crippen molar-refractivity contribution in [1.82, 2.24) is 5.32 Å². The van der Waals surface area contributed by atoms with E-state index >= 15 is 0 Å². The second kappa shape index (κ2) is 4.67. The van der Waals surface area contributed by atoms with E-state index < -0.39 is 0 Å². The van der Waals surface area contributed by atoms with Crippen LogP contribution in [-0.4, -0.2) is 19.0 Å². The van der Waals surface area contributed by atoms with E-state index in [1.54, 1.807) is 6.07 Å². The van der Waals surface area contributed by atoms with Crippen molar-refractivity contribution < 1.29 is 4.79 Å². The molecular weight excluding hydrogens is 236 g/mol. The Morgan fingerprint density at radius 1 is 1.53 bits per heavy atom. The molecule has 2 rings (SSSR count). The number of nitrogens with one attached hydrogen (secondary N) is 2. The molecule has 0 bridgehead atoms. The third-order valence-corrected chi connectivity index (χ3v) is 3.60. The van der Waals surface area contributed by atoms with E-state index in [0.717, 1.165) is 30.8 Å². The molecule has 1 heterocycles. The molecule has 1 aromatic rings. The fourth-order valence-corrected chi connectivity index (χ4v) is 2.18. The number of amides is 1. The average molecular weight is 253 g/mol. The molecule has 0 spiro atoms. The molecule has 0 aromatic heterocycles. The summed E-state index contributed by atoms with van der Waals surface area (Å²) in [4.78, 5) is 12.2. The van der Waals surface area contributed by atoms with Crippen molar-refractivity contribution in [2.45, 2.75) is 20.3 Å². The first-order chi connectivity index (χ1) is 8.01. The van der Waals surface area contributed by atoms with Crippen LogP contribution in [0.15, 0.2) is 18.2 Å². The number of anilines is 1. The van der Waals surface area contributed by atoms with Gasteiger partial charge in [-0.25, -0.2) is 0 Å². The number of hydrogen-bond donors (Lipinski definition) is 2. The number of carbonyl (C=O) groups excluding carboxylic acids is 1. The molecule has 2 N–H and O–H groups in total. The largest absolute Gasteiger partial charge is 0.325 e. The molecule has 1 aliphatic heterocycles. The topological polar surface area (TPSA) is 41.1 Å². The van der Waals surface area contributed by atoms with Gasteiger partial charge in [-0.15, -0.1) is 0 Å². The zero-order valence-electron chi connectivity index (χ0n) is 10.1. The molecule has 1 aromatic carbocycles. The van der Waals surface area contributed by atoms with E-state index in [2.05, 4.69) is 10.6 Å². The number of aryl methyl sites for hydroxylation is 1. The SMILES string of the molecule is Cc1ccc(Cl)cc1NC(=O)C1(C)CCNC1. The number of carbonyl (C=O) groups is 1. The van der Waals surface area contributed by atoms with Crippen LogP contribution in [0.5, 0.6) is 0 Å². The number of rotatable bonds is 2. The van der Waals surface area contributed by atoms with Crippen molar-refractivity contribution in [1.29, 1.82) is 0 Å². The Labute approximate surface area is 107 Å². The highest BCUT2D eigenvalue weighted by Gasteiger charge is 2.36. The second-order valence-corrected chi connectivity index (χ2v) is 5.34. The van der Waals surface area contributed by atoms with E-state index in [1.807, 2.05) is 26.0 Å². The van der Waals surface area contributed by atoms with Crippen LogP contribution >= 0.6 is 11.6 Å². The maximum atomic E-state index is 12.2. The first-order valence-electron chi connectivity index (χ1n) is 5.80. The molecule has 0 radical (unpaired) electrons. The van der Waals surface area contributed by atoms with Gasteiger partial charge in [0.2, 0.25) is 5.91 Å². The van der Waals surface area contributed by atoms with E-state index in [0.29, 0.717) is 5.02 Å². The Bertz CT molecular complexity index is 439. The van der Waals surface area contributed by atoms with E-state index in [-0.39, 0.29) is 11.3 Å². The minimum Gasteiger partial charge on any atom is -0.325 e. The van der Waals surface area contributed by atoms with E-state index in [9.17, 15) is 4.79 Å². The maximum Gasteiger partial charge on any atom is 0.231 e. The number of hydrogen-bond acceptors (Lipinski definition) is 2. The van der Waals surface area contributed by atoms with Crippen molar-refractivity contribution in [2.75, 3.05) is 18.4 Å². The smallest absolute Gasteiger partial charge is 0.231 e. The molecule has 0 saturated carbocycles. The Kier molecular flexibility index (Phi) is 3.40. The summed E-state index contributed by atoms with van der Waals surface area (Å²) in [7, 11) is 0. The van der Waals surface area contributed by atoms with Crippen LogP contribution in [0.4, 0.5) is 5.69 Å². The fourth-order valence-electron chi connectivity index (χ4n) is 2.01. The maximum absolute atomic E-state index is 12.2. The molecule has 3 nitrogen and oxygen atoms in total. The van der Waals surface area contributed by atoms with Gasteiger partial charge in [0.15, 0.2) is 0 Å². The standard InChI is InChI=1S/C13H17ClN2O/c1-9-3-4-10(14)7-11(9)16-12(17)13(2)5-6-15-8-13/h3-4,7,15H,5-6,8H2,1-2H3,(H,16,17). The summed E-state index contributed by atoms with van der Waals surface area (Å²) >= 11 is 5.93. The third kappa shape index (κ3) is 2.61. The predicted molar refractivity (Wildman–Crippen MR) is 70.4 cm³/mol. The lowest BCUT2D eigenvalue weighted by Gasteiger charge is -2.22. The van der Waals surface area contributed by atoms with Gasteiger partial charge < -0.3 is 10.6 Å². The molecule has 1 amide bonds. The van der Waals surface area contributed by atoms with Gasteiger partial charge in [0.05, 0.1) is 5.41 Å². The molecule has 4 heteroatoms. The lowest BCUT2D eigenvalue weighted by molar-refractivity contribution is -0.123. The fraction of sp³-hybridized carbons (Fsp3) is 0.462. The quantitative estimate of drug-likeness (QED) is 0.850. The summed E-state index contributed by atoms with van der Waals surface area (Å²) in [6.45, 7) is 5.58. The normalized spacial score (nSPS) is 23.7. The molecule has 92 valence electrons. The Morgan fingerprint density at radius 3 is 2.94 bits per heavy atom. The van der Waals surface area contributed by atoms with Crippen molar-refractivity contribution in [3.8, 4) is 0 Å². The van der Waals surface area contributed by atoms with Crippen LogP contribution < -0.4 is 10.6 Å². The van der Waals surface area contributed by atoms with Gasteiger partial charge in [-0.05, 0) is 44.5 Å². The lowest BCUT2D eigenvalue weighted by Crippen LogP contribution is -2.35. The van der Waals surface area contributed by atoms with Crippen LogP contribution in [0, 0.1) is 12.3 Å². The van der Waals surface area contributed by atoms with E-state index in [4.69, 9.17) is 11.6 Å². The van der Waals surface area contributed by atoms with Crippen LogP contribution in [0.1, 0.15) is 18.9 Å². The number of benzene rings is 1. The molecule has 1 unspecified atom stereocenters. The zero-order valence-corrected chi connectivity index (χ0v) is 10.9. The third-order valence-electron chi connectivity index (χ3n) is 3.36. The average Bonchev–Trinajstić information content (AvgIpc) is 2.72. The zero-order chi connectivity index (χ0) is 12.5. The van der Waals surface area contributed by atoms with Crippen LogP contribution in [-0.2, 0) is 4.79 Å². The van der Waals surface area contributed by atoms with Crippen molar-refractivity contribution in [3.63, 3.8) is 0 Å². The Morgan fingerprint density at radius 2 is 2.29 bits per heavy atom. The molecular formula is C13H17ClN2O. The Balaban J connectivity index is 2.15. The highest BCUT2D eigenvalue weighted by atomic mass is 35.5. The van der Waals surface area contributed by atoms with E-state index in [1.165, 1.54) is 0 Å². The van der Waals surface area contributed by atoms with Gasteiger partial charge in [0.1, 0.15) is 0 Å². The van der Waals surface area contributed by atoms with Gasteiger partial charge in [-0.1, -0.05) is 17.7 Å². The summed E-state index contributed by atoms with van der Waals surface area (Å²) in [6.07, 6.45) is 0.873. The molecule has 1 atom stereocenters. The van der Waals surface area contributed by atoms with Crippen molar-refractivity contribution >= 4 is 23.2 Å². The number of halogens is 1. The summed E-state index contributed by atoms with van der Waals surface area (Å²) in [5, 5.41) is 6.83. The summed E-state index contributed by atoms with van der Waals surface area (Å²) < 4.78 is 0. The molecule has 17 heavy (non-hydrogen) atoms. The Hall–Kier alpha value is -1.06. The minimum absolute atomic E-state index is 0.0628. The summed E-state index contributed by atoms with van der Waals surface area (Å²) in [5.41, 5.74) is 1.52. The minimum atomic E-state index is -0.311.